The Balaban J connectivity index is 2.16. The normalized spacial score (nSPS) is 15.8. The van der Waals surface area contributed by atoms with E-state index < -0.39 is 0 Å². The smallest absolute Gasteiger partial charge is 0.195 e. The number of fused-ring (bicyclic) bond motifs is 5. The van der Waals surface area contributed by atoms with E-state index in [1.165, 1.54) is 10.6 Å². The van der Waals surface area contributed by atoms with Crippen LogP contribution in [0.25, 0.3) is 16.2 Å². The Morgan fingerprint density at radius 3 is 2.75 bits per heavy atom. The van der Waals surface area contributed by atoms with Crippen molar-refractivity contribution >= 4 is 16.3 Å². The van der Waals surface area contributed by atoms with Crippen molar-refractivity contribution in [3.8, 4) is 17.0 Å². The van der Waals surface area contributed by atoms with Gasteiger partial charge in [0.2, 0.25) is 0 Å². The molecule has 3 aromatic rings. The summed E-state index contributed by atoms with van der Waals surface area (Å²) in [6, 6.07) is 8.15. The third-order valence-electron chi connectivity index (χ3n) is 4.01. The molecule has 0 saturated carbocycles. The monoisotopic (exact) mass is 284 g/mol. The first-order valence-electron chi connectivity index (χ1n) is 6.76. The zero-order valence-corrected chi connectivity index (χ0v) is 12.8. The van der Waals surface area contributed by atoms with Crippen molar-refractivity contribution in [1.82, 2.24) is 9.38 Å². The molecule has 0 amide bonds. The molecule has 0 fully saturated rings. The molecule has 0 bridgehead atoms. The lowest BCUT2D eigenvalue weighted by Gasteiger charge is -2.32. The van der Waals surface area contributed by atoms with E-state index >= 15 is 0 Å². The Kier molecular flexibility index (Phi) is 2.18. The standard InChI is InChI=1S/C16H16N2OS/c1-9-10(2)20-15-17-13-11-7-5-6-8-12(11)19-16(3,4)14(13)18(9)15/h5-8H,1-4H3. The lowest BCUT2D eigenvalue weighted by molar-refractivity contribution is 0.0995. The summed E-state index contributed by atoms with van der Waals surface area (Å²) >= 11 is 1.74. The number of hydrogen-bond acceptors (Lipinski definition) is 3. The summed E-state index contributed by atoms with van der Waals surface area (Å²) in [6.07, 6.45) is 0. The average molecular weight is 284 g/mol. The number of nitrogens with zero attached hydrogens (tertiary/aromatic N) is 2. The molecule has 0 atom stereocenters. The largest absolute Gasteiger partial charge is 0.481 e. The Morgan fingerprint density at radius 1 is 1.20 bits per heavy atom. The minimum Gasteiger partial charge on any atom is -0.481 e. The van der Waals surface area contributed by atoms with Crippen molar-refractivity contribution in [2.45, 2.75) is 33.3 Å². The molecule has 3 nitrogen and oxygen atoms in total. The summed E-state index contributed by atoms with van der Waals surface area (Å²) in [5.74, 6) is 0.921. The molecule has 102 valence electrons. The van der Waals surface area contributed by atoms with Crippen molar-refractivity contribution < 1.29 is 4.74 Å². The van der Waals surface area contributed by atoms with Gasteiger partial charge in [-0.3, -0.25) is 4.40 Å². The Hall–Kier alpha value is -1.81. The van der Waals surface area contributed by atoms with Gasteiger partial charge < -0.3 is 4.74 Å². The molecule has 20 heavy (non-hydrogen) atoms. The van der Waals surface area contributed by atoms with Crippen molar-refractivity contribution in [2.24, 2.45) is 0 Å². The lowest BCUT2D eigenvalue weighted by atomic mass is 9.95. The molecule has 1 aliphatic heterocycles. The van der Waals surface area contributed by atoms with Gasteiger partial charge >= 0.3 is 0 Å². The van der Waals surface area contributed by atoms with Crippen molar-refractivity contribution in [3.05, 3.63) is 40.5 Å². The molecule has 0 unspecified atom stereocenters. The second-order valence-corrected chi connectivity index (χ2v) is 6.96. The van der Waals surface area contributed by atoms with Crippen molar-refractivity contribution in [1.29, 1.82) is 0 Å². The summed E-state index contributed by atoms with van der Waals surface area (Å²) in [6.45, 7) is 8.52. The fourth-order valence-corrected chi connectivity index (χ4v) is 3.93. The van der Waals surface area contributed by atoms with Crippen LogP contribution in [0.2, 0.25) is 0 Å². The summed E-state index contributed by atoms with van der Waals surface area (Å²) in [7, 11) is 0. The molecular formula is C16H16N2OS. The van der Waals surface area contributed by atoms with Gasteiger partial charge in [0.15, 0.2) is 4.96 Å². The Morgan fingerprint density at radius 2 is 1.95 bits per heavy atom. The van der Waals surface area contributed by atoms with Crippen molar-refractivity contribution in [2.75, 3.05) is 0 Å². The topological polar surface area (TPSA) is 26.5 Å². The van der Waals surface area contributed by atoms with Gasteiger partial charge in [0.25, 0.3) is 0 Å². The van der Waals surface area contributed by atoms with E-state index in [0.29, 0.717) is 0 Å². The van der Waals surface area contributed by atoms with E-state index in [9.17, 15) is 0 Å². The molecule has 0 spiro atoms. The molecule has 1 aromatic carbocycles. The van der Waals surface area contributed by atoms with E-state index in [0.717, 1.165) is 27.7 Å². The quantitative estimate of drug-likeness (QED) is 0.615. The molecule has 3 heterocycles. The highest BCUT2D eigenvalue weighted by Gasteiger charge is 2.37. The van der Waals surface area contributed by atoms with Crippen LogP contribution >= 0.6 is 11.3 Å². The van der Waals surface area contributed by atoms with Crippen LogP contribution in [0.15, 0.2) is 24.3 Å². The first-order chi connectivity index (χ1) is 9.49. The van der Waals surface area contributed by atoms with Gasteiger partial charge in [0.05, 0.1) is 5.69 Å². The van der Waals surface area contributed by atoms with Crippen LogP contribution in [0, 0.1) is 13.8 Å². The second kappa shape index (κ2) is 3.64. The molecule has 2 aromatic heterocycles. The third-order valence-corrected chi connectivity index (χ3v) is 5.07. The van der Waals surface area contributed by atoms with Gasteiger partial charge in [0.1, 0.15) is 17.0 Å². The van der Waals surface area contributed by atoms with Crippen LogP contribution < -0.4 is 4.74 Å². The van der Waals surface area contributed by atoms with E-state index in [2.05, 4.69) is 38.2 Å². The summed E-state index contributed by atoms with van der Waals surface area (Å²) in [4.78, 5) is 7.24. The van der Waals surface area contributed by atoms with Gasteiger partial charge in [-0.1, -0.05) is 12.1 Å². The van der Waals surface area contributed by atoms with Gasteiger partial charge in [0, 0.05) is 16.1 Å². The van der Waals surface area contributed by atoms with Crippen LogP contribution in [0.4, 0.5) is 0 Å². The maximum absolute atomic E-state index is 6.22. The van der Waals surface area contributed by atoms with Gasteiger partial charge in [-0.05, 0) is 39.8 Å². The minimum absolute atomic E-state index is 0.374. The van der Waals surface area contributed by atoms with E-state index in [1.54, 1.807) is 11.3 Å². The third kappa shape index (κ3) is 1.37. The highest BCUT2D eigenvalue weighted by atomic mass is 32.1. The number of rotatable bonds is 0. The van der Waals surface area contributed by atoms with E-state index in [4.69, 9.17) is 9.72 Å². The van der Waals surface area contributed by atoms with Crippen LogP contribution in [0.3, 0.4) is 0 Å². The van der Waals surface area contributed by atoms with Crippen LogP contribution in [0.1, 0.15) is 30.1 Å². The number of ether oxygens (including phenoxy) is 1. The molecule has 4 heteroatoms. The minimum atomic E-state index is -0.374. The molecule has 4 rings (SSSR count). The van der Waals surface area contributed by atoms with E-state index in [-0.39, 0.29) is 5.60 Å². The molecule has 0 saturated heterocycles. The zero-order chi connectivity index (χ0) is 14.1. The highest BCUT2D eigenvalue weighted by molar-refractivity contribution is 7.17. The van der Waals surface area contributed by atoms with Gasteiger partial charge in [-0.15, -0.1) is 11.3 Å². The van der Waals surface area contributed by atoms with Crippen LogP contribution in [-0.2, 0) is 5.60 Å². The van der Waals surface area contributed by atoms with Crippen LogP contribution in [-0.4, -0.2) is 9.38 Å². The van der Waals surface area contributed by atoms with E-state index in [1.807, 2.05) is 18.2 Å². The number of hydrogen-bond donors (Lipinski definition) is 0. The Bertz CT molecular complexity index is 842. The van der Waals surface area contributed by atoms with Gasteiger partial charge in [-0.2, -0.15) is 0 Å². The number of benzene rings is 1. The predicted octanol–water partition coefficient (Wildman–Crippen LogP) is 4.31. The maximum Gasteiger partial charge on any atom is 0.195 e. The number of aromatic nitrogens is 2. The molecular weight excluding hydrogens is 268 g/mol. The van der Waals surface area contributed by atoms with Crippen molar-refractivity contribution in [3.63, 3.8) is 0 Å². The summed E-state index contributed by atoms with van der Waals surface area (Å²) in [5.41, 5.74) is 4.20. The lowest BCUT2D eigenvalue weighted by Crippen LogP contribution is -2.30. The SMILES string of the molecule is Cc1sc2nc3c(n2c1C)C(C)(C)Oc1ccccc1-3. The first-order valence-corrected chi connectivity index (χ1v) is 7.58. The molecule has 0 N–H and O–H groups in total. The average Bonchev–Trinajstić information content (AvgIpc) is 2.88. The van der Waals surface area contributed by atoms with Gasteiger partial charge in [-0.25, -0.2) is 4.98 Å². The maximum atomic E-state index is 6.22. The first kappa shape index (κ1) is 12.0. The number of imidazole rings is 1. The summed E-state index contributed by atoms with van der Waals surface area (Å²) in [5, 5.41) is 0. The fraction of sp³-hybridized carbons (Fsp3) is 0.312. The number of aryl methyl sites for hydroxylation is 2. The fourth-order valence-electron chi connectivity index (χ4n) is 2.96. The van der Waals surface area contributed by atoms with Crippen LogP contribution in [0.5, 0.6) is 5.75 Å². The number of para-hydroxylation sites is 1. The molecule has 1 aliphatic rings. The number of thiazole rings is 1. The Labute approximate surface area is 121 Å². The summed E-state index contributed by atoms with van der Waals surface area (Å²) < 4.78 is 8.48. The predicted molar refractivity (Wildman–Crippen MR) is 81.6 cm³/mol. The second-order valence-electron chi connectivity index (χ2n) is 5.78. The highest BCUT2D eigenvalue weighted by Crippen LogP contribution is 2.46. The zero-order valence-electron chi connectivity index (χ0n) is 12.0. The molecule has 0 aliphatic carbocycles. The molecule has 0 radical (unpaired) electrons.